The number of carboxylic acid groups (broad SMARTS) is 1. The minimum absolute atomic E-state index is 0.107. The smallest absolute Gasteiger partial charge is 0.309 e. The molecule has 0 spiro atoms. The Morgan fingerprint density at radius 3 is 1.94 bits per heavy atom. The number of rotatable bonds is 17. The molecule has 0 saturated heterocycles. The Morgan fingerprint density at radius 2 is 1.42 bits per heavy atom. The number of ether oxygens (including phenoxy) is 1. The highest BCUT2D eigenvalue weighted by Gasteiger charge is 2.28. The molecule has 0 aliphatic carbocycles. The lowest BCUT2D eigenvalue weighted by atomic mass is 9.90. The Balaban J connectivity index is 0.000000600. The summed E-state index contributed by atoms with van der Waals surface area (Å²) in [5.41, 5.74) is 7.90. The average Bonchev–Trinajstić information content (AvgIpc) is 2.88. The van der Waals surface area contributed by atoms with Crippen molar-refractivity contribution < 1.29 is 19.7 Å². The van der Waals surface area contributed by atoms with Gasteiger partial charge in [-0.15, -0.1) is 0 Å². The van der Waals surface area contributed by atoms with E-state index in [0.717, 1.165) is 56.9 Å². The fourth-order valence-electron chi connectivity index (χ4n) is 4.14. The van der Waals surface area contributed by atoms with E-state index in [4.69, 9.17) is 10.5 Å². The Kier molecular flexibility index (Phi) is 17.6. The Hall–Kier alpha value is -2.21. The first-order valence-electron chi connectivity index (χ1n) is 13.8. The van der Waals surface area contributed by atoms with Gasteiger partial charge in [0, 0.05) is 12.5 Å². The van der Waals surface area contributed by atoms with Crippen molar-refractivity contribution in [2.45, 2.75) is 110 Å². The van der Waals surface area contributed by atoms with Crippen LogP contribution in [0.25, 0.3) is 0 Å². The number of nitrogens with two attached hydrogens (primary N) is 1. The van der Waals surface area contributed by atoms with Gasteiger partial charge in [-0.05, 0) is 30.9 Å². The van der Waals surface area contributed by atoms with Gasteiger partial charge in [-0.2, -0.15) is 0 Å². The number of hydrogen-bond acceptors (Lipinski definition) is 4. The van der Waals surface area contributed by atoms with Gasteiger partial charge in [-0.1, -0.05) is 119 Å². The third-order valence-electron chi connectivity index (χ3n) is 6.44. The van der Waals surface area contributed by atoms with Crippen LogP contribution >= 0.6 is 0 Å². The van der Waals surface area contributed by atoms with Crippen molar-refractivity contribution in [3.05, 3.63) is 71.8 Å². The van der Waals surface area contributed by atoms with Crippen LogP contribution in [0.2, 0.25) is 0 Å². The van der Waals surface area contributed by atoms with Crippen LogP contribution in [-0.2, 0) is 16.1 Å². The second-order valence-electron chi connectivity index (χ2n) is 9.71. The summed E-state index contributed by atoms with van der Waals surface area (Å²) in [4.78, 5) is 11.6. The molecular weight excluding hydrogens is 450 g/mol. The number of aliphatic hydroxyl groups is 1. The summed E-state index contributed by atoms with van der Waals surface area (Å²) >= 11 is 0. The number of benzene rings is 2. The zero-order valence-electron chi connectivity index (χ0n) is 22.6. The van der Waals surface area contributed by atoms with Crippen LogP contribution in [0.15, 0.2) is 60.7 Å². The van der Waals surface area contributed by atoms with Gasteiger partial charge in [0.15, 0.2) is 0 Å². The molecule has 0 aliphatic rings. The fraction of sp³-hybridized carbons (Fsp3) is 0.581. The van der Waals surface area contributed by atoms with Crippen LogP contribution < -0.4 is 5.73 Å². The maximum Gasteiger partial charge on any atom is 0.309 e. The Bertz CT molecular complexity index is 782. The highest BCUT2D eigenvalue weighted by molar-refractivity contribution is 5.70. The second kappa shape index (κ2) is 19.9. The quantitative estimate of drug-likeness (QED) is 0.199. The molecule has 0 unspecified atom stereocenters. The average molecular weight is 500 g/mol. The minimum atomic E-state index is -0.894. The van der Waals surface area contributed by atoms with E-state index < -0.39 is 18.0 Å². The molecule has 4 atom stereocenters. The topological polar surface area (TPSA) is 92.8 Å². The molecular formula is C31H49NO4. The van der Waals surface area contributed by atoms with E-state index in [0.29, 0.717) is 19.4 Å². The third kappa shape index (κ3) is 14.4. The lowest BCUT2D eigenvalue weighted by molar-refractivity contribution is -0.147. The first kappa shape index (κ1) is 31.8. The molecule has 5 nitrogen and oxygen atoms in total. The maximum absolute atomic E-state index is 11.6. The number of aliphatic carboxylic acids is 1. The van der Waals surface area contributed by atoms with Gasteiger partial charge >= 0.3 is 5.97 Å². The van der Waals surface area contributed by atoms with E-state index in [1.807, 2.05) is 67.6 Å². The van der Waals surface area contributed by atoms with Gasteiger partial charge in [0.25, 0.3) is 0 Å². The van der Waals surface area contributed by atoms with Crippen LogP contribution in [-0.4, -0.2) is 28.4 Å². The molecule has 5 heteroatoms. The molecule has 0 saturated carbocycles. The zero-order chi connectivity index (χ0) is 26.6. The molecule has 2 aromatic carbocycles. The van der Waals surface area contributed by atoms with E-state index in [-0.39, 0.29) is 12.1 Å². The van der Waals surface area contributed by atoms with E-state index in [2.05, 4.69) is 13.8 Å². The van der Waals surface area contributed by atoms with Crippen molar-refractivity contribution in [1.82, 2.24) is 0 Å². The number of carboxylic acids is 1. The monoisotopic (exact) mass is 499 g/mol. The summed E-state index contributed by atoms with van der Waals surface area (Å²) in [7, 11) is 0. The molecule has 0 aromatic heterocycles. The lowest BCUT2D eigenvalue weighted by Crippen LogP contribution is -2.32. The first-order valence-corrected chi connectivity index (χ1v) is 13.8. The van der Waals surface area contributed by atoms with Crippen LogP contribution in [0.5, 0.6) is 0 Å². The number of aliphatic hydroxyl groups excluding tert-OH is 1. The fourth-order valence-corrected chi connectivity index (χ4v) is 4.14. The zero-order valence-corrected chi connectivity index (χ0v) is 22.6. The predicted molar refractivity (Wildman–Crippen MR) is 149 cm³/mol. The Labute approximate surface area is 219 Å². The van der Waals surface area contributed by atoms with E-state index in [9.17, 15) is 15.0 Å². The van der Waals surface area contributed by atoms with E-state index >= 15 is 0 Å². The van der Waals surface area contributed by atoms with Crippen molar-refractivity contribution in [3.63, 3.8) is 0 Å². The van der Waals surface area contributed by atoms with Gasteiger partial charge in [0.05, 0.1) is 24.7 Å². The Morgan fingerprint density at radius 1 is 0.861 bits per heavy atom. The second-order valence-corrected chi connectivity index (χ2v) is 9.71. The molecule has 0 fully saturated rings. The molecule has 0 amide bonds. The molecule has 0 bridgehead atoms. The van der Waals surface area contributed by atoms with Gasteiger partial charge < -0.3 is 20.7 Å². The summed E-state index contributed by atoms with van der Waals surface area (Å²) in [6, 6.07) is 20.2. The van der Waals surface area contributed by atoms with E-state index in [1.165, 1.54) is 5.56 Å². The maximum atomic E-state index is 11.6. The molecule has 0 heterocycles. The van der Waals surface area contributed by atoms with Crippen LogP contribution in [0.1, 0.15) is 102 Å². The molecule has 0 aliphatic heterocycles. The van der Waals surface area contributed by atoms with Gasteiger partial charge in [-0.3, -0.25) is 4.79 Å². The SMILES string of the molecule is CCCCCC[C@H](C(=O)O)[C@@H](O)C[C@@H](CCCCC)OCc1ccccc1.C[C@H](N)c1ccccc1. The predicted octanol–water partition coefficient (Wildman–Crippen LogP) is 7.28. The molecule has 4 N–H and O–H groups in total. The standard InChI is InChI=1S/C23H38O4.C8H11N/c1-3-5-7-12-16-21(23(25)26)22(24)17-20(15-9-6-4-2)27-18-19-13-10-8-11-14-19;1-7(9)8-5-3-2-4-6-8/h8,10-11,13-14,20-22,24H,3-7,9,12,15-18H2,1-2H3,(H,25,26);2-7H,9H2,1H3/t20-,21+,22+;7-/m10/s1. The van der Waals surface area contributed by atoms with Crippen molar-refractivity contribution in [3.8, 4) is 0 Å². The van der Waals surface area contributed by atoms with Crippen molar-refractivity contribution in [2.24, 2.45) is 11.7 Å². The van der Waals surface area contributed by atoms with Crippen molar-refractivity contribution >= 4 is 5.97 Å². The van der Waals surface area contributed by atoms with Crippen LogP contribution in [0.3, 0.4) is 0 Å². The largest absolute Gasteiger partial charge is 0.481 e. The number of hydrogen-bond donors (Lipinski definition) is 3. The van der Waals surface area contributed by atoms with Crippen LogP contribution in [0, 0.1) is 5.92 Å². The van der Waals surface area contributed by atoms with E-state index in [1.54, 1.807) is 0 Å². The minimum Gasteiger partial charge on any atom is -0.481 e. The summed E-state index contributed by atoms with van der Waals surface area (Å²) in [5, 5.41) is 20.1. The van der Waals surface area contributed by atoms with Gasteiger partial charge in [0.2, 0.25) is 0 Å². The molecule has 0 radical (unpaired) electrons. The van der Waals surface area contributed by atoms with Crippen LogP contribution in [0.4, 0.5) is 0 Å². The summed E-state index contributed by atoms with van der Waals surface area (Å²) in [5.74, 6) is -1.59. The first-order chi connectivity index (χ1) is 17.4. The van der Waals surface area contributed by atoms with Crippen molar-refractivity contribution in [1.29, 1.82) is 0 Å². The molecule has 2 aromatic rings. The summed E-state index contributed by atoms with van der Waals surface area (Å²) in [6.45, 7) is 6.77. The molecule has 36 heavy (non-hydrogen) atoms. The molecule has 202 valence electrons. The summed E-state index contributed by atoms with van der Waals surface area (Å²) < 4.78 is 6.07. The molecule has 2 rings (SSSR count). The van der Waals surface area contributed by atoms with Gasteiger partial charge in [-0.25, -0.2) is 0 Å². The lowest BCUT2D eigenvalue weighted by Gasteiger charge is -2.25. The normalized spacial score (nSPS) is 14.2. The number of carbonyl (C=O) groups is 1. The summed E-state index contributed by atoms with van der Waals surface area (Å²) in [6.07, 6.45) is 8.23. The third-order valence-corrected chi connectivity index (χ3v) is 6.44. The van der Waals surface area contributed by atoms with Crippen molar-refractivity contribution in [2.75, 3.05) is 0 Å². The highest BCUT2D eigenvalue weighted by atomic mass is 16.5. The number of unbranched alkanes of at least 4 members (excludes halogenated alkanes) is 5. The highest BCUT2D eigenvalue weighted by Crippen LogP contribution is 2.22. The van der Waals surface area contributed by atoms with Gasteiger partial charge in [0.1, 0.15) is 0 Å².